The van der Waals surface area contributed by atoms with Crippen molar-refractivity contribution in [2.24, 2.45) is 0 Å². The first kappa shape index (κ1) is 13.1. The first-order valence-corrected chi connectivity index (χ1v) is 6.21. The fourth-order valence-electron chi connectivity index (χ4n) is 0.818. The van der Waals surface area contributed by atoms with E-state index in [0.29, 0.717) is 5.69 Å². The Morgan fingerprint density at radius 2 is 1.93 bits per heavy atom. The van der Waals surface area contributed by atoms with E-state index in [4.69, 9.17) is 27.8 Å². The van der Waals surface area contributed by atoms with Crippen LogP contribution in [0.2, 0.25) is 0 Å². The van der Waals surface area contributed by atoms with Crippen molar-refractivity contribution < 1.29 is 13.2 Å². The van der Waals surface area contributed by atoms with E-state index in [2.05, 4.69) is 0 Å². The first-order chi connectivity index (χ1) is 6.90. The maximum atomic E-state index is 12.9. The van der Waals surface area contributed by atoms with Crippen LogP contribution in [0, 0.1) is 0 Å². The van der Waals surface area contributed by atoms with Gasteiger partial charge < -0.3 is 0 Å². The third-order valence-electron chi connectivity index (χ3n) is 1.30. The average molecular weight is 290 g/mol. The standard InChI is InChI=1S/C7H6Cl2FNO2S2/c8-7(9,10)14-11(15(12)13)6-4-2-1-3-5-6/h1-5H,(H,12,13). The van der Waals surface area contributed by atoms with Crippen LogP contribution in [0.25, 0.3) is 0 Å². The summed E-state index contributed by atoms with van der Waals surface area (Å²) in [6, 6.07) is 8.05. The second-order valence-corrected chi connectivity index (χ2v) is 6.21. The zero-order chi connectivity index (χ0) is 11.5. The summed E-state index contributed by atoms with van der Waals surface area (Å²) in [6.45, 7) is 0. The Kier molecular flexibility index (Phi) is 4.66. The van der Waals surface area contributed by atoms with Crippen molar-refractivity contribution in [2.45, 2.75) is 3.92 Å². The summed E-state index contributed by atoms with van der Waals surface area (Å²) in [5.74, 6) is 0. The highest BCUT2D eigenvalue weighted by atomic mass is 35.5. The van der Waals surface area contributed by atoms with Gasteiger partial charge in [0, 0.05) is 11.9 Å². The maximum absolute atomic E-state index is 12.9. The number of nitrogens with zero attached hydrogens (tertiary/aromatic N) is 1. The number of anilines is 1. The molecule has 0 radical (unpaired) electrons. The molecule has 0 saturated carbocycles. The zero-order valence-corrected chi connectivity index (χ0v) is 10.3. The van der Waals surface area contributed by atoms with E-state index in [9.17, 15) is 8.60 Å². The number of hydrogen-bond donors (Lipinski definition) is 1. The van der Waals surface area contributed by atoms with Crippen molar-refractivity contribution in [1.82, 2.24) is 0 Å². The molecule has 0 spiro atoms. The van der Waals surface area contributed by atoms with Crippen molar-refractivity contribution in [1.29, 1.82) is 0 Å². The van der Waals surface area contributed by atoms with Crippen LogP contribution in [0.15, 0.2) is 30.3 Å². The molecular weight excluding hydrogens is 284 g/mol. The molecule has 0 aliphatic rings. The van der Waals surface area contributed by atoms with Crippen molar-refractivity contribution >= 4 is 52.1 Å². The van der Waals surface area contributed by atoms with Gasteiger partial charge in [-0.15, -0.1) is 0 Å². The van der Waals surface area contributed by atoms with Gasteiger partial charge in [0.25, 0.3) is 11.3 Å². The van der Waals surface area contributed by atoms with Crippen LogP contribution in [0.4, 0.5) is 10.1 Å². The Hall–Kier alpha value is -0.0100. The number of alkyl halides is 3. The van der Waals surface area contributed by atoms with Crippen LogP contribution >= 0.6 is 35.1 Å². The fourth-order valence-corrected chi connectivity index (χ4v) is 2.76. The molecule has 15 heavy (non-hydrogen) atoms. The van der Waals surface area contributed by atoms with Crippen LogP contribution < -0.4 is 3.71 Å². The second-order valence-electron chi connectivity index (χ2n) is 2.36. The van der Waals surface area contributed by atoms with Crippen molar-refractivity contribution in [2.75, 3.05) is 3.71 Å². The zero-order valence-electron chi connectivity index (χ0n) is 7.14. The molecule has 1 aromatic carbocycles. The number of para-hydroxylation sites is 1. The summed E-state index contributed by atoms with van der Waals surface area (Å²) in [5, 5.41) is 0. The SMILES string of the molecule is O=S(O)N(SC(F)(Cl)Cl)c1ccccc1. The molecule has 0 saturated heterocycles. The molecule has 0 aromatic heterocycles. The molecular formula is C7H6Cl2FNO2S2. The Morgan fingerprint density at radius 1 is 1.40 bits per heavy atom. The van der Waals surface area contributed by atoms with Gasteiger partial charge in [-0.1, -0.05) is 41.4 Å². The molecule has 1 rings (SSSR count). The number of hydrogen-bond acceptors (Lipinski definition) is 2. The predicted molar refractivity (Wildman–Crippen MR) is 62.8 cm³/mol. The number of halogens is 3. The van der Waals surface area contributed by atoms with Crippen molar-refractivity contribution in [3.8, 4) is 0 Å². The van der Waals surface area contributed by atoms with Crippen LogP contribution in [0.5, 0.6) is 0 Å². The van der Waals surface area contributed by atoms with Crippen LogP contribution in [0.1, 0.15) is 0 Å². The summed E-state index contributed by atoms with van der Waals surface area (Å²) in [7, 11) is 0. The van der Waals surface area contributed by atoms with Gasteiger partial charge in [0.15, 0.2) is 0 Å². The quantitative estimate of drug-likeness (QED) is 0.525. The summed E-state index contributed by atoms with van der Waals surface area (Å²) in [5.41, 5.74) is 0.326. The molecule has 0 aliphatic carbocycles. The molecule has 0 amide bonds. The molecule has 0 aliphatic heterocycles. The van der Waals surface area contributed by atoms with E-state index in [0.717, 1.165) is 3.71 Å². The smallest absolute Gasteiger partial charge is 0.289 e. The highest BCUT2D eigenvalue weighted by Gasteiger charge is 2.30. The van der Waals surface area contributed by atoms with E-state index in [1.165, 1.54) is 12.1 Å². The van der Waals surface area contributed by atoms with Gasteiger partial charge >= 0.3 is 3.92 Å². The van der Waals surface area contributed by atoms with Gasteiger partial charge in [0.1, 0.15) is 0 Å². The average Bonchev–Trinajstić information content (AvgIpc) is 2.14. The molecule has 1 N–H and O–H groups in total. The summed E-state index contributed by atoms with van der Waals surface area (Å²) in [6.07, 6.45) is 0. The normalized spacial score (nSPS) is 13.6. The number of benzene rings is 1. The molecule has 0 fully saturated rings. The molecule has 1 unspecified atom stereocenters. The van der Waals surface area contributed by atoms with E-state index in [1.54, 1.807) is 18.2 Å². The minimum Gasteiger partial charge on any atom is -0.289 e. The summed E-state index contributed by atoms with van der Waals surface area (Å²) < 4.78 is 30.8. The minimum absolute atomic E-state index is 0.210. The fraction of sp³-hybridized carbons (Fsp3) is 0.143. The molecule has 0 heterocycles. The second kappa shape index (κ2) is 5.36. The van der Waals surface area contributed by atoms with Gasteiger partial charge in [0.05, 0.1) is 5.69 Å². The summed E-state index contributed by atoms with van der Waals surface area (Å²) in [4.78, 5) is 0. The van der Waals surface area contributed by atoms with Gasteiger partial charge in [-0.2, -0.15) is 4.39 Å². The van der Waals surface area contributed by atoms with Gasteiger partial charge in [-0.25, -0.2) is 7.92 Å². The molecule has 1 aromatic rings. The third-order valence-corrected chi connectivity index (χ3v) is 3.39. The van der Waals surface area contributed by atoms with Crippen molar-refractivity contribution in [3.63, 3.8) is 0 Å². The van der Waals surface area contributed by atoms with E-state index < -0.39 is 15.2 Å². The lowest BCUT2D eigenvalue weighted by molar-refractivity contribution is 0.515. The van der Waals surface area contributed by atoms with Gasteiger partial charge in [0.2, 0.25) is 0 Å². The van der Waals surface area contributed by atoms with Gasteiger partial charge in [-0.05, 0) is 12.1 Å². The largest absolute Gasteiger partial charge is 0.324 e. The Morgan fingerprint density at radius 3 is 2.33 bits per heavy atom. The van der Waals surface area contributed by atoms with Crippen LogP contribution in [-0.4, -0.2) is 12.7 Å². The molecule has 3 nitrogen and oxygen atoms in total. The molecule has 1 atom stereocenters. The van der Waals surface area contributed by atoms with Crippen LogP contribution in [0.3, 0.4) is 0 Å². The predicted octanol–water partition coefficient (Wildman–Crippen LogP) is 3.34. The monoisotopic (exact) mass is 289 g/mol. The van der Waals surface area contributed by atoms with Gasteiger partial charge in [-0.3, -0.25) is 4.55 Å². The molecule has 0 bridgehead atoms. The Bertz CT molecular complexity index is 347. The Balaban J connectivity index is 2.90. The first-order valence-electron chi connectivity index (χ1n) is 3.62. The highest BCUT2D eigenvalue weighted by molar-refractivity contribution is 8.13. The minimum atomic E-state index is -2.66. The number of rotatable bonds is 4. The van der Waals surface area contributed by atoms with Crippen molar-refractivity contribution in [3.05, 3.63) is 30.3 Å². The Labute approximate surface area is 103 Å². The third kappa shape index (κ3) is 4.56. The molecule has 84 valence electrons. The van der Waals surface area contributed by atoms with E-state index in [-0.39, 0.29) is 11.9 Å². The molecule has 8 heteroatoms. The topological polar surface area (TPSA) is 40.5 Å². The maximum Gasteiger partial charge on any atom is 0.324 e. The van der Waals surface area contributed by atoms with E-state index >= 15 is 0 Å². The lowest BCUT2D eigenvalue weighted by Gasteiger charge is -2.20. The lowest BCUT2D eigenvalue weighted by Crippen LogP contribution is -2.21. The lowest BCUT2D eigenvalue weighted by atomic mass is 10.3. The highest BCUT2D eigenvalue weighted by Crippen LogP contribution is 2.41. The summed E-state index contributed by atoms with van der Waals surface area (Å²) >= 11 is 7.99. The van der Waals surface area contributed by atoms with E-state index in [1.807, 2.05) is 0 Å². The van der Waals surface area contributed by atoms with Crippen LogP contribution in [-0.2, 0) is 11.3 Å².